The summed E-state index contributed by atoms with van der Waals surface area (Å²) in [6, 6.07) is 11.3. The molecule has 1 aromatic carbocycles. The molecule has 1 amide bonds. The predicted octanol–water partition coefficient (Wildman–Crippen LogP) is 1.72. The number of carbonyl (C=O) groups excluding carboxylic acids is 1. The summed E-state index contributed by atoms with van der Waals surface area (Å²) in [4.78, 5) is 14.7. The van der Waals surface area contributed by atoms with Crippen LogP contribution in [0.3, 0.4) is 0 Å². The molecule has 0 saturated carbocycles. The Morgan fingerprint density at radius 3 is 2.79 bits per heavy atom. The zero-order valence-corrected chi connectivity index (χ0v) is 10.9. The number of hydrogen-bond donors (Lipinski definition) is 3. The van der Waals surface area contributed by atoms with Gasteiger partial charge in [0.2, 0.25) is 5.91 Å². The zero-order chi connectivity index (χ0) is 13.7. The summed E-state index contributed by atoms with van der Waals surface area (Å²) in [5.74, 6) is -0.102. The van der Waals surface area contributed by atoms with E-state index in [1.54, 1.807) is 6.20 Å². The number of benzene rings is 1. The Bertz CT molecular complexity index is 535. The largest absolute Gasteiger partial charge is 0.387 e. The van der Waals surface area contributed by atoms with E-state index in [-0.39, 0.29) is 12.5 Å². The van der Waals surface area contributed by atoms with E-state index in [1.165, 1.54) is 0 Å². The van der Waals surface area contributed by atoms with E-state index in [9.17, 15) is 9.90 Å². The van der Waals surface area contributed by atoms with Crippen LogP contribution >= 0.6 is 0 Å². The van der Waals surface area contributed by atoms with Crippen LogP contribution in [0.4, 0.5) is 0 Å². The van der Waals surface area contributed by atoms with Crippen molar-refractivity contribution in [2.75, 3.05) is 6.54 Å². The SMILES string of the molecule is Cc1ccccc1C(O)CNC(=O)Cc1ccc[nH]1. The van der Waals surface area contributed by atoms with Gasteiger partial charge in [-0.1, -0.05) is 24.3 Å². The van der Waals surface area contributed by atoms with E-state index in [2.05, 4.69) is 10.3 Å². The Hall–Kier alpha value is -2.07. The number of aromatic nitrogens is 1. The van der Waals surface area contributed by atoms with Crippen LogP contribution in [0.2, 0.25) is 0 Å². The van der Waals surface area contributed by atoms with Gasteiger partial charge in [-0.3, -0.25) is 4.79 Å². The Kier molecular flexibility index (Phi) is 4.36. The van der Waals surface area contributed by atoms with Gasteiger partial charge in [-0.15, -0.1) is 0 Å². The summed E-state index contributed by atoms with van der Waals surface area (Å²) >= 11 is 0. The summed E-state index contributed by atoms with van der Waals surface area (Å²) in [5, 5.41) is 12.8. The maximum atomic E-state index is 11.7. The standard InChI is InChI=1S/C15H18N2O2/c1-11-5-2-3-7-13(11)14(18)10-17-15(19)9-12-6-4-8-16-12/h2-8,14,16,18H,9-10H2,1H3,(H,17,19). The van der Waals surface area contributed by atoms with Crippen LogP contribution in [-0.4, -0.2) is 22.5 Å². The van der Waals surface area contributed by atoms with Crippen molar-refractivity contribution >= 4 is 5.91 Å². The lowest BCUT2D eigenvalue weighted by Gasteiger charge is -2.14. The van der Waals surface area contributed by atoms with Gasteiger partial charge in [-0.2, -0.15) is 0 Å². The summed E-state index contributed by atoms with van der Waals surface area (Å²) in [6.07, 6.45) is 1.41. The first-order valence-corrected chi connectivity index (χ1v) is 6.29. The molecule has 2 rings (SSSR count). The monoisotopic (exact) mass is 258 g/mol. The number of aryl methyl sites for hydroxylation is 1. The summed E-state index contributed by atoms with van der Waals surface area (Å²) in [6.45, 7) is 2.17. The van der Waals surface area contributed by atoms with Gasteiger partial charge in [0.05, 0.1) is 12.5 Å². The van der Waals surface area contributed by atoms with Crippen LogP contribution in [0.25, 0.3) is 0 Å². The first-order chi connectivity index (χ1) is 9.16. The fraction of sp³-hybridized carbons (Fsp3) is 0.267. The Morgan fingerprint density at radius 1 is 1.32 bits per heavy atom. The van der Waals surface area contributed by atoms with Gasteiger partial charge in [-0.25, -0.2) is 0 Å². The highest BCUT2D eigenvalue weighted by Crippen LogP contribution is 2.16. The van der Waals surface area contributed by atoms with Crippen LogP contribution in [0.15, 0.2) is 42.6 Å². The number of rotatable bonds is 5. The third kappa shape index (κ3) is 3.69. The van der Waals surface area contributed by atoms with Gasteiger partial charge in [0.1, 0.15) is 0 Å². The van der Waals surface area contributed by atoms with Gasteiger partial charge < -0.3 is 15.4 Å². The van der Waals surface area contributed by atoms with E-state index < -0.39 is 6.10 Å². The van der Waals surface area contributed by atoms with Crippen molar-refractivity contribution in [3.63, 3.8) is 0 Å². The van der Waals surface area contributed by atoms with Crippen LogP contribution in [0.1, 0.15) is 22.9 Å². The number of aromatic amines is 1. The minimum atomic E-state index is -0.672. The van der Waals surface area contributed by atoms with Gasteiger partial charge in [0.25, 0.3) is 0 Å². The van der Waals surface area contributed by atoms with E-state index in [4.69, 9.17) is 0 Å². The molecule has 0 aliphatic carbocycles. The second kappa shape index (κ2) is 6.20. The van der Waals surface area contributed by atoms with Crippen molar-refractivity contribution in [2.24, 2.45) is 0 Å². The van der Waals surface area contributed by atoms with Gasteiger partial charge in [-0.05, 0) is 30.2 Å². The fourth-order valence-corrected chi connectivity index (χ4v) is 1.99. The molecule has 0 aliphatic heterocycles. The summed E-state index contributed by atoms with van der Waals surface area (Å²) in [7, 11) is 0. The molecule has 0 saturated heterocycles. The molecule has 0 spiro atoms. The lowest BCUT2D eigenvalue weighted by Crippen LogP contribution is -2.30. The highest BCUT2D eigenvalue weighted by atomic mass is 16.3. The second-order valence-electron chi connectivity index (χ2n) is 4.55. The number of amides is 1. The number of nitrogens with one attached hydrogen (secondary N) is 2. The molecule has 4 heteroatoms. The normalized spacial score (nSPS) is 12.1. The third-order valence-corrected chi connectivity index (χ3v) is 3.05. The number of H-pyrrole nitrogens is 1. The van der Waals surface area contributed by atoms with Crippen molar-refractivity contribution in [2.45, 2.75) is 19.4 Å². The van der Waals surface area contributed by atoms with E-state index in [1.807, 2.05) is 43.3 Å². The van der Waals surface area contributed by atoms with Gasteiger partial charge in [0, 0.05) is 18.4 Å². The summed E-state index contributed by atoms with van der Waals surface area (Å²) in [5.41, 5.74) is 2.74. The number of aliphatic hydroxyl groups is 1. The predicted molar refractivity (Wildman–Crippen MR) is 73.6 cm³/mol. The van der Waals surface area contributed by atoms with E-state index in [0.717, 1.165) is 16.8 Å². The molecular formula is C15H18N2O2. The maximum Gasteiger partial charge on any atom is 0.226 e. The van der Waals surface area contributed by atoms with Crippen molar-refractivity contribution in [3.8, 4) is 0 Å². The topological polar surface area (TPSA) is 65.1 Å². The van der Waals surface area contributed by atoms with Crippen LogP contribution in [0, 0.1) is 6.92 Å². The minimum absolute atomic E-state index is 0.102. The average Bonchev–Trinajstić information content (AvgIpc) is 2.89. The van der Waals surface area contributed by atoms with Crippen molar-refractivity contribution in [1.29, 1.82) is 0 Å². The first-order valence-electron chi connectivity index (χ1n) is 6.29. The minimum Gasteiger partial charge on any atom is -0.387 e. The molecule has 1 aromatic heterocycles. The molecule has 1 heterocycles. The highest BCUT2D eigenvalue weighted by Gasteiger charge is 2.11. The molecule has 3 N–H and O–H groups in total. The number of aliphatic hydroxyl groups excluding tert-OH is 1. The Balaban J connectivity index is 1.85. The third-order valence-electron chi connectivity index (χ3n) is 3.05. The molecule has 1 atom stereocenters. The molecule has 1 unspecified atom stereocenters. The number of carbonyl (C=O) groups is 1. The molecule has 0 radical (unpaired) electrons. The van der Waals surface area contributed by atoms with Gasteiger partial charge in [0.15, 0.2) is 0 Å². The maximum absolute atomic E-state index is 11.7. The smallest absolute Gasteiger partial charge is 0.226 e. The fourth-order valence-electron chi connectivity index (χ4n) is 1.99. The lowest BCUT2D eigenvalue weighted by molar-refractivity contribution is -0.120. The van der Waals surface area contributed by atoms with Crippen LogP contribution in [-0.2, 0) is 11.2 Å². The quantitative estimate of drug-likeness (QED) is 0.764. The van der Waals surface area contributed by atoms with Crippen LogP contribution in [0.5, 0.6) is 0 Å². The van der Waals surface area contributed by atoms with Crippen molar-refractivity contribution in [1.82, 2.24) is 10.3 Å². The van der Waals surface area contributed by atoms with Crippen molar-refractivity contribution in [3.05, 3.63) is 59.4 Å². The van der Waals surface area contributed by atoms with Gasteiger partial charge >= 0.3 is 0 Å². The molecule has 0 fully saturated rings. The first kappa shape index (κ1) is 13.4. The Morgan fingerprint density at radius 2 is 2.11 bits per heavy atom. The van der Waals surface area contributed by atoms with Crippen molar-refractivity contribution < 1.29 is 9.90 Å². The average molecular weight is 258 g/mol. The Labute approximate surface area is 112 Å². The summed E-state index contributed by atoms with van der Waals surface area (Å²) < 4.78 is 0. The van der Waals surface area contributed by atoms with E-state index >= 15 is 0 Å². The molecule has 100 valence electrons. The highest BCUT2D eigenvalue weighted by molar-refractivity contribution is 5.78. The molecule has 0 aliphatic rings. The van der Waals surface area contributed by atoms with E-state index in [0.29, 0.717) is 6.42 Å². The molecule has 0 bridgehead atoms. The molecule has 4 nitrogen and oxygen atoms in total. The zero-order valence-electron chi connectivity index (χ0n) is 10.9. The van der Waals surface area contributed by atoms with Crippen LogP contribution < -0.4 is 5.32 Å². The molecule has 19 heavy (non-hydrogen) atoms. The number of hydrogen-bond acceptors (Lipinski definition) is 2. The molecule has 2 aromatic rings. The second-order valence-corrected chi connectivity index (χ2v) is 4.55. The lowest BCUT2D eigenvalue weighted by atomic mass is 10.0. The molecular weight excluding hydrogens is 240 g/mol.